The lowest BCUT2D eigenvalue weighted by Crippen LogP contribution is -2.56. The van der Waals surface area contributed by atoms with Crippen LogP contribution in [0.1, 0.15) is 49.1 Å². The number of amides is 2. The molecule has 6 nitrogen and oxygen atoms in total. The molecule has 0 spiro atoms. The van der Waals surface area contributed by atoms with Gasteiger partial charge in [-0.3, -0.25) is 0 Å². The Morgan fingerprint density at radius 2 is 1.88 bits per heavy atom. The van der Waals surface area contributed by atoms with E-state index in [9.17, 15) is 9.90 Å². The van der Waals surface area contributed by atoms with E-state index in [0.29, 0.717) is 25.3 Å². The maximum atomic E-state index is 13.2. The third-order valence-corrected chi connectivity index (χ3v) is 7.31. The first-order valence-electron chi connectivity index (χ1n) is 11.6. The second-order valence-electron chi connectivity index (χ2n) is 8.98. The number of thiocarbonyl (C=S) groups is 1. The molecule has 1 aliphatic carbocycles. The zero-order valence-corrected chi connectivity index (χ0v) is 20.1. The Bertz CT molecular complexity index is 977. The van der Waals surface area contributed by atoms with Crippen molar-refractivity contribution in [3.8, 4) is 11.5 Å². The number of ether oxygens (including phenoxy) is 2. The first kappa shape index (κ1) is 23.4. The van der Waals surface area contributed by atoms with Crippen LogP contribution in [0.3, 0.4) is 0 Å². The summed E-state index contributed by atoms with van der Waals surface area (Å²) in [6.07, 6.45) is 4.61. The van der Waals surface area contributed by atoms with E-state index < -0.39 is 5.54 Å². The summed E-state index contributed by atoms with van der Waals surface area (Å²) in [5, 5.41) is 13.6. The van der Waals surface area contributed by atoms with Gasteiger partial charge >= 0.3 is 6.03 Å². The minimum atomic E-state index is -0.792. The molecule has 0 aromatic heterocycles. The molecule has 2 fully saturated rings. The predicted octanol–water partition coefficient (Wildman–Crippen LogP) is 5.01. The number of nitrogens with one attached hydrogen (secondary N) is 1. The number of hydrogen-bond acceptors (Lipinski definition) is 4. The summed E-state index contributed by atoms with van der Waals surface area (Å²) in [5.74, 6) is 1.85. The van der Waals surface area contributed by atoms with E-state index in [1.54, 1.807) is 19.1 Å². The number of urea groups is 1. The SMILES string of the molecule is COc1cc(CCC[C@@]2(C(O)=S)CCCN2C(=O)N[C@H]2C[C@@H]2c2ccccc2)cc(OC)c1. The number of carbonyl (C=O) groups excluding carboxylic acids is 1. The van der Waals surface area contributed by atoms with Crippen LogP contribution in [0, 0.1) is 0 Å². The second kappa shape index (κ2) is 10.00. The molecule has 0 bridgehead atoms. The van der Waals surface area contributed by atoms with Gasteiger partial charge in [-0.2, -0.15) is 0 Å². The summed E-state index contributed by atoms with van der Waals surface area (Å²) in [7, 11) is 3.27. The van der Waals surface area contributed by atoms with Crippen LogP contribution in [-0.2, 0) is 6.42 Å². The van der Waals surface area contributed by atoms with Gasteiger partial charge in [-0.25, -0.2) is 4.79 Å². The molecule has 176 valence electrons. The van der Waals surface area contributed by atoms with Crippen LogP contribution in [0.5, 0.6) is 11.5 Å². The molecule has 1 aliphatic heterocycles. The van der Waals surface area contributed by atoms with E-state index >= 15 is 0 Å². The average Bonchev–Trinajstić information content (AvgIpc) is 3.45. The van der Waals surface area contributed by atoms with E-state index in [4.69, 9.17) is 21.7 Å². The molecule has 1 saturated carbocycles. The minimum Gasteiger partial charge on any atom is -0.500 e. The number of aryl methyl sites for hydroxylation is 1. The molecular weight excluding hydrogens is 436 g/mol. The third-order valence-electron chi connectivity index (χ3n) is 6.93. The van der Waals surface area contributed by atoms with Gasteiger partial charge in [0.1, 0.15) is 17.0 Å². The van der Waals surface area contributed by atoms with Crippen molar-refractivity contribution in [2.75, 3.05) is 20.8 Å². The smallest absolute Gasteiger partial charge is 0.318 e. The number of nitrogens with zero attached hydrogens (tertiary/aromatic N) is 1. The van der Waals surface area contributed by atoms with Gasteiger partial charge < -0.3 is 24.8 Å². The molecule has 2 amide bonds. The van der Waals surface area contributed by atoms with Crippen LogP contribution in [0.15, 0.2) is 48.5 Å². The molecule has 33 heavy (non-hydrogen) atoms. The van der Waals surface area contributed by atoms with Crippen molar-refractivity contribution >= 4 is 23.3 Å². The summed E-state index contributed by atoms with van der Waals surface area (Å²) in [5.41, 5.74) is 1.55. The van der Waals surface area contributed by atoms with Crippen molar-refractivity contribution in [1.82, 2.24) is 10.2 Å². The van der Waals surface area contributed by atoms with Gasteiger partial charge in [-0.1, -0.05) is 30.3 Å². The minimum absolute atomic E-state index is 0.0891. The molecule has 1 heterocycles. The highest BCUT2D eigenvalue weighted by molar-refractivity contribution is 7.80. The van der Waals surface area contributed by atoms with Crippen LogP contribution in [0.2, 0.25) is 0 Å². The second-order valence-corrected chi connectivity index (χ2v) is 9.36. The van der Waals surface area contributed by atoms with Crippen molar-refractivity contribution < 1.29 is 19.4 Å². The van der Waals surface area contributed by atoms with E-state index in [0.717, 1.165) is 42.7 Å². The highest BCUT2D eigenvalue weighted by Crippen LogP contribution is 2.42. The van der Waals surface area contributed by atoms with Crippen molar-refractivity contribution in [2.24, 2.45) is 0 Å². The molecule has 3 atom stereocenters. The predicted molar refractivity (Wildman–Crippen MR) is 133 cm³/mol. The highest BCUT2D eigenvalue weighted by atomic mass is 32.1. The molecule has 2 N–H and O–H groups in total. The number of aliphatic hydroxyl groups is 1. The molecule has 0 radical (unpaired) electrons. The van der Waals surface area contributed by atoms with Crippen molar-refractivity contribution in [3.05, 3.63) is 59.7 Å². The first-order chi connectivity index (χ1) is 16.0. The molecule has 0 unspecified atom stereocenters. The Labute approximate surface area is 200 Å². The summed E-state index contributed by atoms with van der Waals surface area (Å²) < 4.78 is 10.7. The number of benzene rings is 2. The summed E-state index contributed by atoms with van der Waals surface area (Å²) in [6.45, 7) is 0.599. The molecule has 2 aliphatic rings. The average molecular weight is 469 g/mol. The van der Waals surface area contributed by atoms with E-state index in [-0.39, 0.29) is 17.1 Å². The Morgan fingerprint density at radius 1 is 1.18 bits per heavy atom. The maximum Gasteiger partial charge on any atom is 0.318 e. The fourth-order valence-corrected chi connectivity index (χ4v) is 5.33. The number of methoxy groups -OCH3 is 2. The third kappa shape index (κ3) is 5.08. The normalized spacial score (nSPS) is 23.8. The Kier molecular flexibility index (Phi) is 7.08. The van der Waals surface area contributed by atoms with Crippen molar-refractivity contribution in [3.63, 3.8) is 0 Å². The Morgan fingerprint density at radius 3 is 2.52 bits per heavy atom. The lowest BCUT2D eigenvalue weighted by molar-refractivity contribution is 0.163. The largest absolute Gasteiger partial charge is 0.500 e. The summed E-state index contributed by atoms with van der Waals surface area (Å²) in [6, 6.07) is 16.1. The molecule has 2 aromatic carbocycles. The Hall–Kier alpha value is -2.80. The summed E-state index contributed by atoms with van der Waals surface area (Å²) >= 11 is 5.30. The van der Waals surface area contributed by atoms with Gasteiger partial charge in [0.2, 0.25) is 0 Å². The maximum absolute atomic E-state index is 13.2. The van der Waals surface area contributed by atoms with Gasteiger partial charge in [0.15, 0.2) is 5.05 Å². The number of carbonyl (C=O) groups is 1. The van der Waals surface area contributed by atoms with Gasteiger partial charge in [-0.05, 0) is 74.0 Å². The van der Waals surface area contributed by atoms with Crippen molar-refractivity contribution in [2.45, 2.75) is 56.0 Å². The lowest BCUT2D eigenvalue weighted by atomic mass is 9.89. The van der Waals surface area contributed by atoms with Gasteiger partial charge in [0.25, 0.3) is 0 Å². The molecular formula is C26H32N2O4S. The van der Waals surface area contributed by atoms with Crippen molar-refractivity contribution in [1.29, 1.82) is 0 Å². The van der Waals surface area contributed by atoms with Gasteiger partial charge in [0.05, 0.1) is 14.2 Å². The molecule has 1 saturated heterocycles. The summed E-state index contributed by atoms with van der Waals surface area (Å²) in [4.78, 5) is 15.0. The van der Waals surface area contributed by atoms with Crippen LogP contribution in [-0.4, -0.2) is 53.4 Å². The molecule has 4 rings (SSSR count). The number of rotatable bonds is 9. The zero-order chi connectivity index (χ0) is 23.4. The van der Waals surface area contributed by atoms with Gasteiger partial charge in [-0.15, -0.1) is 0 Å². The zero-order valence-electron chi connectivity index (χ0n) is 19.3. The monoisotopic (exact) mass is 468 g/mol. The fraction of sp³-hybridized carbons (Fsp3) is 0.462. The van der Waals surface area contributed by atoms with Gasteiger partial charge in [0, 0.05) is 24.6 Å². The number of hydrogen-bond donors (Lipinski definition) is 2. The first-order valence-corrected chi connectivity index (χ1v) is 12.0. The standard InChI is InChI=1S/C26H32N2O4S/c1-31-20-14-18(15-21(16-20)32-2)8-6-11-26(24(29)33)12-7-13-28(26)25(30)27-23-17-22(23)19-9-4-3-5-10-19/h3-5,9-10,14-16,22-23H,6-8,11-13,17H2,1-2H3,(H,27,30)(H,29,33)/t22-,23+,26+/m1/s1. The molecule has 2 aromatic rings. The number of likely N-dealkylation sites (tertiary alicyclic amines) is 1. The fourth-order valence-electron chi connectivity index (χ4n) is 5.02. The lowest BCUT2D eigenvalue weighted by Gasteiger charge is -2.37. The quantitative estimate of drug-likeness (QED) is 0.506. The van der Waals surface area contributed by atoms with E-state index in [2.05, 4.69) is 17.4 Å². The number of aliphatic hydroxyl groups excluding tert-OH is 1. The Balaban J connectivity index is 1.40. The van der Waals surface area contributed by atoms with Crippen LogP contribution in [0.25, 0.3) is 0 Å². The van der Waals surface area contributed by atoms with Crippen LogP contribution in [0.4, 0.5) is 4.79 Å². The van der Waals surface area contributed by atoms with Crippen LogP contribution >= 0.6 is 12.2 Å². The van der Waals surface area contributed by atoms with E-state index in [1.807, 2.05) is 36.4 Å². The highest BCUT2D eigenvalue weighted by Gasteiger charge is 2.49. The topological polar surface area (TPSA) is 71.0 Å². The molecule has 7 heteroatoms. The van der Waals surface area contributed by atoms with E-state index in [1.165, 1.54) is 5.56 Å². The van der Waals surface area contributed by atoms with Crippen LogP contribution < -0.4 is 14.8 Å².